The lowest BCUT2D eigenvalue weighted by Crippen LogP contribution is -2.23. The highest BCUT2D eigenvalue weighted by Crippen LogP contribution is 2.41. The van der Waals surface area contributed by atoms with Crippen molar-refractivity contribution in [3.8, 4) is 0 Å². The monoisotopic (exact) mass is 315 g/mol. The van der Waals surface area contributed by atoms with Gasteiger partial charge in [0.05, 0.1) is 5.69 Å². The lowest BCUT2D eigenvalue weighted by atomic mass is 9.87. The zero-order valence-corrected chi connectivity index (χ0v) is 12.9. The van der Waals surface area contributed by atoms with Crippen LogP contribution in [0.15, 0.2) is 85.1 Å². The van der Waals surface area contributed by atoms with Crippen molar-refractivity contribution in [3.63, 3.8) is 0 Å². The largest absolute Gasteiger partial charge is 0.259 e. The number of aromatic nitrogens is 1. The third-order valence-corrected chi connectivity index (χ3v) is 3.99. The summed E-state index contributed by atoms with van der Waals surface area (Å²) in [5.74, 6) is 0. The van der Waals surface area contributed by atoms with Gasteiger partial charge in [0.2, 0.25) is 0 Å². The average Bonchev–Trinajstić information content (AvgIpc) is 2.56. The van der Waals surface area contributed by atoms with Crippen molar-refractivity contribution in [1.82, 2.24) is 4.98 Å². The molecule has 0 bridgehead atoms. The molecule has 3 rings (SSSR count). The predicted molar refractivity (Wildman–Crippen MR) is 90.1 cm³/mol. The maximum Gasteiger partial charge on any atom is 0.136 e. The van der Waals surface area contributed by atoms with E-state index >= 15 is 0 Å². The summed E-state index contributed by atoms with van der Waals surface area (Å²) in [4.78, 5) is 3.71. The fourth-order valence-corrected chi connectivity index (χ4v) is 2.73. The maximum atomic E-state index is 7.05. The molecule has 3 heteroatoms. The first kappa shape index (κ1) is 15.6. The van der Waals surface area contributed by atoms with E-state index in [1.807, 2.05) is 78.9 Å². The van der Waals surface area contributed by atoms with Crippen molar-refractivity contribution < 1.29 is 0 Å². The molecule has 0 radical (unpaired) electrons. The van der Waals surface area contributed by atoms with Crippen molar-refractivity contribution in [2.75, 3.05) is 0 Å². The molecule has 1 heterocycles. The molecule has 0 aliphatic heterocycles. The van der Waals surface area contributed by atoms with Gasteiger partial charge in [0.15, 0.2) is 0 Å². The predicted octanol–water partition coefficient (Wildman–Crippen LogP) is 5.03. The molecule has 0 amide bonds. The SMILES string of the molecule is Cl.ClC(c1ccccc1)(c1ccccc1)c1ccccn1. The van der Waals surface area contributed by atoms with E-state index in [1.165, 1.54) is 0 Å². The summed E-state index contributed by atoms with van der Waals surface area (Å²) < 4.78 is 0. The van der Waals surface area contributed by atoms with Crippen LogP contribution in [-0.4, -0.2) is 4.98 Å². The Morgan fingerprint density at radius 1 is 0.667 bits per heavy atom. The van der Waals surface area contributed by atoms with Crippen molar-refractivity contribution >= 4 is 24.0 Å². The Morgan fingerprint density at radius 2 is 1.14 bits per heavy atom. The molecule has 0 aliphatic rings. The van der Waals surface area contributed by atoms with Gasteiger partial charge < -0.3 is 0 Å². The van der Waals surface area contributed by atoms with Crippen LogP contribution in [0.1, 0.15) is 16.8 Å². The van der Waals surface area contributed by atoms with Gasteiger partial charge in [-0.3, -0.25) is 4.98 Å². The topological polar surface area (TPSA) is 12.9 Å². The highest BCUT2D eigenvalue weighted by molar-refractivity contribution is 6.27. The fourth-order valence-electron chi connectivity index (χ4n) is 2.36. The number of hydrogen-bond donors (Lipinski definition) is 0. The van der Waals surface area contributed by atoms with Crippen LogP contribution < -0.4 is 0 Å². The van der Waals surface area contributed by atoms with E-state index in [0.717, 1.165) is 16.8 Å². The van der Waals surface area contributed by atoms with E-state index in [9.17, 15) is 0 Å². The van der Waals surface area contributed by atoms with Crippen molar-refractivity contribution in [2.24, 2.45) is 0 Å². The number of nitrogens with zero attached hydrogens (tertiary/aromatic N) is 1. The molecule has 1 nitrogen and oxygen atoms in total. The van der Waals surface area contributed by atoms with E-state index in [2.05, 4.69) is 4.98 Å². The standard InChI is InChI=1S/C18H14ClN.ClH/c19-18(15-9-3-1-4-10-15,16-11-5-2-6-12-16)17-13-7-8-14-20-17;/h1-14H;1H. The highest BCUT2D eigenvalue weighted by atomic mass is 35.5. The van der Waals surface area contributed by atoms with Gasteiger partial charge in [0.25, 0.3) is 0 Å². The van der Waals surface area contributed by atoms with E-state index in [-0.39, 0.29) is 12.4 Å². The first-order valence-electron chi connectivity index (χ1n) is 6.53. The number of benzene rings is 2. The minimum atomic E-state index is -0.760. The zero-order chi connectivity index (χ0) is 13.8. The van der Waals surface area contributed by atoms with Gasteiger partial charge in [-0.05, 0) is 23.3 Å². The lowest BCUT2D eigenvalue weighted by Gasteiger charge is -2.27. The van der Waals surface area contributed by atoms with Crippen LogP contribution in [0.5, 0.6) is 0 Å². The normalized spacial score (nSPS) is 10.7. The molecular formula is C18H15Cl2N. The maximum absolute atomic E-state index is 7.05. The average molecular weight is 316 g/mol. The number of alkyl halides is 1. The Morgan fingerprint density at radius 3 is 1.57 bits per heavy atom. The molecule has 21 heavy (non-hydrogen) atoms. The summed E-state index contributed by atoms with van der Waals surface area (Å²) in [6, 6.07) is 25.9. The first-order valence-corrected chi connectivity index (χ1v) is 6.91. The number of halogens is 2. The molecular weight excluding hydrogens is 301 g/mol. The first-order chi connectivity index (χ1) is 9.82. The molecule has 106 valence electrons. The summed E-state index contributed by atoms with van der Waals surface area (Å²) >= 11 is 7.05. The molecule has 0 aliphatic carbocycles. The smallest absolute Gasteiger partial charge is 0.136 e. The minimum absolute atomic E-state index is 0. The minimum Gasteiger partial charge on any atom is -0.259 e. The van der Waals surface area contributed by atoms with Crippen molar-refractivity contribution in [2.45, 2.75) is 4.87 Å². The summed E-state index contributed by atoms with van der Waals surface area (Å²) in [7, 11) is 0. The molecule has 0 unspecified atom stereocenters. The van der Waals surface area contributed by atoms with Gasteiger partial charge >= 0.3 is 0 Å². The van der Waals surface area contributed by atoms with Crippen LogP contribution in [0.4, 0.5) is 0 Å². The van der Waals surface area contributed by atoms with Gasteiger partial charge in [0.1, 0.15) is 4.87 Å². The van der Waals surface area contributed by atoms with E-state index in [0.29, 0.717) is 0 Å². The number of pyridine rings is 1. The van der Waals surface area contributed by atoms with Crippen LogP contribution >= 0.6 is 24.0 Å². The molecule has 0 fully saturated rings. The highest BCUT2D eigenvalue weighted by Gasteiger charge is 2.34. The van der Waals surface area contributed by atoms with Crippen LogP contribution in [0, 0.1) is 0 Å². The third kappa shape index (κ3) is 2.94. The van der Waals surface area contributed by atoms with E-state index in [4.69, 9.17) is 11.6 Å². The summed E-state index contributed by atoms with van der Waals surface area (Å²) in [5.41, 5.74) is 2.87. The van der Waals surface area contributed by atoms with Gasteiger partial charge in [0, 0.05) is 6.20 Å². The van der Waals surface area contributed by atoms with E-state index < -0.39 is 4.87 Å². The second-order valence-electron chi connectivity index (χ2n) is 4.61. The van der Waals surface area contributed by atoms with Gasteiger partial charge in [-0.2, -0.15) is 0 Å². The molecule has 0 spiro atoms. The van der Waals surface area contributed by atoms with Crippen LogP contribution in [0.25, 0.3) is 0 Å². The molecule has 0 atom stereocenters. The Kier molecular flexibility index (Phi) is 5.00. The second kappa shape index (κ2) is 6.75. The summed E-state index contributed by atoms with van der Waals surface area (Å²) in [6.07, 6.45) is 1.78. The number of hydrogen-bond acceptors (Lipinski definition) is 1. The van der Waals surface area contributed by atoms with Crippen LogP contribution in [-0.2, 0) is 4.87 Å². The molecule has 2 aromatic carbocycles. The van der Waals surface area contributed by atoms with Gasteiger partial charge in [-0.15, -0.1) is 24.0 Å². The van der Waals surface area contributed by atoms with Gasteiger partial charge in [-0.25, -0.2) is 0 Å². The molecule has 1 aromatic heterocycles. The van der Waals surface area contributed by atoms with Crippen LogP contribution in [0.2, 0.25) is 0 Å². The summed E-state index contributed by atoms with van der Waals surface area (Å²) in [5, 5.41) is 0. The molecule has 0 saturated heterocycles. The van der Waals surface area contributed by atoms with Crippen LogP contribution in [0.3, 0.4) is 0 Å². The quantitative estimate of drug-likeness (QED) is 0.617. The summed E-state index contributed by atoms with van der Waals surface area (Å²) in [6.45, 7) is 0. The fraction of sp³-hybridized carbons (Fsp3) is 0.0556. The molecule has 0 N–H and O–H groups in total. The Balaban J connectivity index is 0.00000161. The third-order valence-electron chi connectivity index (χ3n) is 3.36. The van der Waals surface area contributed by atoms with Gasteiger partial charge in [-0.1, -0.05) is 66.7 Å². The molecule has 3 aromatic rings. The Bertz CT molecular complexity index is 573. The number of rotatable bonds is 3. The van der Waals surface area contributed by atoms with Crippen molar-refractivity contribution in [1.29, 1.82) is 0 Å². The Hall–Kier alpha value is -1.83. The Labute approximate surface area is 136 Å². The lowest BCUT2D eigenvalue weighted by molar-refractivity contribution is 0.833. The zero-order valence-electron chi connectivity index (χ0n) is 11.3. The molecule has 0 saturated carbocycles. The van der Waals surface area contributed by atoms with Crippen molar-refractivity contribution in [3.05, 3.63) is 102 Å². The van der Waals surface area contributed by atoms with E-state index in [1.54, 1.807) is 6.20 Å². The second-order valence-corrected chi connectivity index (χ2v) is 5.17.